The predicted molar refractivity (Wildman–Crippen MR) is 96.4 cm³/mol. The van der Waals surface area contributed by atoms with Crippen LogP contribution in [0.25, 0.3) is 0 Å². The number of imidazole rings is 1. The van der Waals surface area contributed by atoms with Crippen molar-refractivity contribution in [1.82, 2.24) is 13.9 Å². The van der Waals surface area contributed by atoms with Crippen molar-refractivity contribution in [2.24, 2.45) is 0 Å². The zero-order valence-electron chi connectivity index (χ0n) is 14.8. The Hall–Kier alpha value is -2.23. The van der Waals surface area contributed by atoms with Crippen molar-refractivity contribution >= 4 is 21.6 Å². The molecule has 9 heteroatoms. The van der Waals surface area contributed by atoms with Crippen LogP contribution in [-0.4, -0.2) is 54.5 Å². The number of nitrogens with zero attached hydrogens (tertiary/aromatic N) is 3. The van der Waals surface area contributed by atoms with Crippen LogP contribution >= 0.6 is 0 Å². The molecule has 3 rings (SSSR count). The van der Waals surface area contributed by atoms with Gasteiger partial charge >= 0.3 is 0 Å². The van der Waals surface area contributed by atoms with Gasteiger partial charge in [0.25, 0.3) is 10.0 Å². The molecule has 1 aliphatic heterocycles. The summed E-state index contributed by atoms with van der Waals surface area (Å²) in [6.45, 7) is 5.33. The van der Waals surface area contributed by atoms with Crippen LogP contribution in [0.5, 0.6) is 0 Å². The van der Waals surface area contributed by atoms with Gasteiger partial charge in [-0.25, -0.2) is 13.4 Å². The minimum Gasteiger partial charge on any atom is -0.379 e. The molecule has 0 saturated carbocycles. The molecule has 2 aromatic rings. The maximum Gasteiger partial charge on any atom is 0.262 e. The summed E-state index contributed by atoms with van der Waals surface area (Å²) in [4.78, 5) is 16.2. The van der Waals surface area contributed by atoms with Crippen molar-refractivity contribution in [3.05, 3.63) is 41.9 Å². The van der Waals surface area contributed by atoms with Crippen LogP contribution in [0.15, 0.2) is 35.7 Å². The number of sulfonamides is 1. The van der Waals surface area contributed by atoms with Crippen LogP contribution in [0.4, 0.5) is 5.69 Å². The molecule has 26 heavy (non-hydrogen) atoms. The van der Waals surface area contributed by atoms with E-state index in [9.17, 15) is 13.2 Å². The number of aromatic nitrogens is 2. The second-order valence-electron chi connectivity index (χ2n) is 6.25. The second kappa shape index (κ2) is 7.56. The van der Waals surface area contributed by atoms with E-state index in [-0.39, 0.29) is 17.5 Å². The van der Waals surface area contributed by atoms with Gasteiger partial charge in [-0.3, -0.25) is 4.79 Å². The fraction of sp³-hybridized carbons (Fsp3) is 0.412. The van der Waals surface area contributed by atoms with Crippen molar-refractivity contribution < 1.29 is 17.9 Å². The maximum atomic E-state index is 12.5. The van der Waals surface area contributed by atoms with Gasteiger partial charge in [-0.05, 0) is 37.1 Å². The van der Waals surface area contributed by atoms with Crippen LogP contribution in [0.3, 0.4) is 0 Å². The number of anilines is 1. The Morgan fingerprint density at radius 2 is 1.96 bits per heavy atom. The van der Waals surface area contributed by atoms with E-state index in [0.29, 0.717) is 32.0 Å². The molecule has 1 fully saturated rings. The average molecular weight is 378 g/mol. The Morgan fingerprint density at radius 1 is 1.23 bits per heavy atom. The van der Waals surface area contributed by atoms with E-state index in [1.54, 1.807) is 0 Å². The largest absolute Gasteiger partial charge is 0.379 e. The molecule has 1 aliphatic rings. The molecular weight excluding hydrogens is 356 g/mol. The number of ether oxygens (including phenoxy) is 1. The van der Waals surface area contributed by atoms with Gasteiger partial charge < -0.3 is 14.6 Å². The van der Waals surface area contributed by atoms with E-state index < -0.39 is 10.0 Å². The van der Waals surface area contributed by atoms with Crippen molar-refractivity contribution in [3.8, 4) is 0 Å². The van der Waals surface area contributed by atoms with E-state index in [4.69, 9.17) is 4.74 Å². The maximum absolute atomic E-state index is 12.5. The van der Waals surface area contributed by atoms with Crippen LogP contribution in [0.2, 0.25) is 0 Å². The quantitative estimate of drug-likeness (QED) is 0.843. The Bertz CT molecular complexity index is 901. The normalized spacial score (nSPS) is 15.8. The molecule has 2 heterocycles. The smallest absolute Gasteiger partial charge is 0.262 e. The SMILES string of the molecule is Cc1ccc(NC(=O)Cn2cnc(S(=O)(=O)N3CCOCC3)c2)cc1C. The van der Waals surface area contributed by atoms with Crippen LogP contribution in [0, 0.1) is 13.8 Å². The highest BCUT2D eigenvalue weighted by atomic mass is 32.2. The van der Waals surface area contributed by atoms with Gasteiger partial charge in [0.15, 0.2) is 5.03 Å². The number of carbonyl (C=O) groups excluding carboxylic acids is 1. The number of nitrogens with one attached hydrogen (secondary N) is 1. The molecule has 8 nitrogen and oxygen atoms in total. The summed E-state index contributed by atoms with van der Waals surface area (Å²) in [7, 11) is -3.66. The molecule has 1 saturated heterocycles. The van der Waals surface area contributed by atoms with Crippen LogP contribution < -0.4 is 5.32 Å². The van der Waals surface area contributed by atoms with E-state index in [1.807, 2.05) is 32.0 Å². The number of amides is 1. The van der Waals surface area contributed by atoms with Gasteiger partial charge in [0.1, 0.15) is 6.54 Å². The number of hydrogen-bond acceptors (Lipinski definition) is 5. The lowest BCUT2D eigenvalue weighted by Gasteiger charge is -2.24. The minimum absolute atomic E-state index is 0.0153. The van der Waals surface area contributed by atoms with E-state index in [0.717, 1.165) is 11.1 Å². The van der Waals surface area contributed by atoms with E-state index in [2.05, 4.69) is 10.3 Å². The molecule has 0 bridgehead atoms. The highest BCUT2D eigenvalue weighted by Crippen LogP contribution is 2.16. The third-order valence-corrected chi connectivity index (χ3v) is 6.09. The molecule has 0 atom stereocenters. The van der Waals surface area contributed by atoms with Crippen molar-refractivity contribution in [3.63, 3.8) is 0 Å². The third kappa shape index (κ3) is 4.12. The zero-order chi connectivity index (χ0) is 18.7. The summed E-state index contributed by atoms with van der Waals surface area (Å²) in [6.07, 6.45) is 2.73. The molecule has 0 radical (unpaired) electrons. The molecule has 0 unspecified atom stereocenters. The summed E-state index contributed by atoms with van der Waals surface area (Å²) < 4.78 is 33.1. The van der Waals surface area contributed by atoms with Crippen molar-refractivity contribution in [2.75, 3.05) is 31.6 Å². The molecule has 1 amide bonds. The molecule has 140 valence electrons. The average Bonchev–Trinajstić information content (AvgIpc) is 3.08. The fourth-order valence-electron chi connectivity index (χ4n) is 2.66. The lowest BCUT2D eigenvalue weighted by atomic mass is 10.1. The summed E-state index contributed by atoms with van der Waals surface area (Å²) in [5, 5.41) is 2.75. The van der Waals surface area contributed by atoms with Gasteiger partial charge in [-0.15, -0.1) is 0 Å². The lowest BCUT2D eigenvalue weighted by molar-refractivity contribution is -0.116. The number of morpholine rings is 1. The molecule has 1 N–H and O–H groups in total. The standard InChI is InChI=1S/C17H22N4O4S/c1-13-3-4-15(9-14(13)2)19-16(22)10-20-11-17(18-12-20)26(23,24)21-5-7-25-8-6-21/h3-4,9,11-12H,5-8,10H2,1-2H3,(H,19,22). The van der Waals surface area contributed by atoms with Crippen molar-refractivity contribution in [1.29, 1.82) is 0 Å². The molecule has 1 aromatic heterocycles. The highest BCUT2D eigenvalue weighted by molar-refractivity contribution is 7.89. The minimum atomic E-state index is -3.66. The molecule has 1 aromatic carbocycles. The summed E-state index contributed by atoms with van der Waals surface area (Å²) in [5.74, 6) is -0.249. The first-order chi connectivity index (χ1) is 12.4. The van der Waals surface area contributed by atoms with Gasteiger partial charge in [0, 0.05) is 25.0 Å². The summed E-state index contributed by atoms with van der Waals surface area (Å²) >= 11 is 0. The summed E-state index contributed by atoms with van der Waals surface area (Å²) in [5.41, 5.74) is 2.94. The zero-order valence-corrected chi connectivity index (χ0v) is 15.6. The molecule has 0 spiro atoms. The number of hydrogen-bond donors (Lipinski definition) is 1. The van der Waals surface area contributed by atoms with Crippen LogP contribution in [0.1, 0.15) is 11.1 Å². The van der Waals surface area contributed by atoms with Gasteiger partial charge in [-0.2, -0.15) is 4.31 Å². The lowest BCUT2D eigenvalue weighted by Crippen LogP contribution is -2.40. The number of aryl methyl sites for hydroxylation is 2. The van der Waals surface area contributed by atoms with E-state index >= 15 is 0 Å². The predicted octanol–water partition coefficient (Wildman–Crippen LogP) is 1.16. The highest BCUT2D eigenvalue weighted by Gasteiger charge is 2.28. The van der Waals surface area contributed by atoms with Gasteiger partial charge in [-0.1, -0.05) is 6.07 Å². The third-order valence-electron chi connectivity index (χ3n) is 4.30. The first-order valence-corrected chi connectivity index (χ1v) is 9.77. The number of benzene rings is 1. The Labute approximate surface area is 152 Å². The number of rotatable bonds is 5. The Balaban J connectivity index is 1.65. The second-order valence-corrected chi connectivity index (χ2v) is 8.13. The first-order valence-electron chi connectivity index (χ1n) is 8.33. The monoisotopic (exact) mass is 378 g/mol. The topological polar surface area (TPSA) is 93.5 Å². The van der Waals surface area contributed by atoms with E-state index in [1.165, 1.54) is 21.4 Å². The first kappa shape index (κ1) is 18.6. The Morgan fingerprint density at radius 3 is 2.65 bits per heavy atom. The molecule has 0 aliphatic carbocycles. The van der Waals surface area contributed by atoms with Gasteiger partial charge in [0.05, 0.1) is 19.5 Å². The van der Waals surface area contributed by atoms with Crippen molar-refractivity contribution in [2.45, 2.75) is 25.4 Å². The van der Waals surface area contributed by atoms with Gasteiger partial charge in [0.2, 0.25) is 5.91 Å². The Kier molecular flexibility index (Phi) is 5.40. The molecular formula is C17H22N4O4S. The fourth-order valence-corrected chi connectivity index (χ4v) is 4.01. The van der Waals surface area contributed by atoms with Crippen LogP contribution in [-0.2, 0) is 26.1 Å². The number of carbonyl (C=O) groups is 1. The summed E-state index contributed by atoms with van der Waals surface area (Å²) in [6, 6.07) is 5.67.